The van der Waals surface area contributed by atoms with Gasteiger partial charge in [0.25, 0.3) is 0 Å². The highest BCUT2D eigenvalue weighted by Crippen LogP contribution is 2.32. The molecule has 5 nitrogen and oxygen atoms in total. The first-order chi connectivity index (χ1) is 13.5. The van der Waals surface area contributed by atoms with Crippen molar-refractivity contribution in [3.63, 3.8) is 0 Å². The Morgan fingerprint density at radius 1 is 0.929 bits per heavy atom. The van der Waals surface area contributed by atoms with Crippen molar-refractivity contribution in [2.75, 3.05) is 13.2 Å². The minimum Gasteiger partial charge on any atom is -0.462 e. The smallest absolute Gasteiger partial charge is 0.333 e. The van der Waals surface area contributed by atoms with E-state index in [1.54, 1.807) is 6.92 Å². The second kappa shape index (κ2) is 12.3. The van der Waals surface area contributed by atoms with Crippen molar-refractivity contribution in [2.45, 2.75) is 96.7 Å². The van der Waals surface area contributed by atoms with E-state index in [4.69, 9.17) is 14.2 Å². The summed E-state index contributed by atoms with van der Waals surface area (Å²) in [6.45, 7) is 8.05. The van der Waals surface area contributed by atoms with Gasteiger partial charge in [0.05, 0.1) is 18.6 Å². The second-order valence-electron chi connectivity index (χ2n) is 8.48. The number of esters is 2. The Morgan fingerprint density at radius 3 is 2.18 bits per heavy atom. The molecule has 0 aromatic carbocycles. The SMILES string of the molecule is C=C(C)C(=O)OCCOC1CCC(C(=O)OC2CCC(CCCC)CC2)CC1. The first-order valence-electron chi connectivity index (χ1n) is 11.1. The molecule has 0 saturated heterocycles. The molecule has 160 valence electrons. The summed E-state index contributed by atoms with van der Waals surface area (Å²) < 4.78 is 16.6. The van der Waals surface area contributed by atoms with E-state index in [2.05, 4.69) is 13.5 Å². The molecular formula is C23H38O5. The molecule has 2 saturated carbocycles. The molecular weight excluding hydrogens is 356 g/mol. The Morgan fingerprint density at radius 2 is 1.57 bits per heavy atom. The van der Waals surface area contributed by atoms with Crippen LogP contribution in [-0.2, 0) is 23.8 Å². The normalized spacial score (nSPS) is 27.8. The maximum Gasteiger partial charge on any atom is 0.333 e. The fraction of sp³-hybridized carbons (Fsp3) is 0.826. The van der Waals surface area contributed by atoms with E-state index >= 15 is 0 Å². The quantitative estimate of drug-likeness (QED) is 0.297. The maximum atomic E-state index is 12.5. The van der Waals surface area contributed by atoms with E-state index in [0.717, 1.165) is 44.4 Å². The molecule has 0 heterocycles. The third kappa shape index (κ3) is 7.94. The molecule has 0 spiro atoms. The van der Waals surface area contributed by atoms with E-state index in [9.17, 15) is 9.59 Å². The molecule has 0 N–H and O–H groups in total. The molecule has 0 radical (unpaired) electrons. The first kappa shape index (κ1) is 22.9. The molecule has 0 aromatic rings. The van der Waals surface area contributed by atoms with E-state index in [1.807, 2.05) is 0 Å². The van der Waals surface area contributed by atoms with Crippen LogP contribution in [0.3, 0.4) is 0 Å². The van der Waals surface area contributed by atoms with Crippen LogP contribution in [0.25, 0.3) is 0 Å². The predicted octanol–water partition coefficient (Wildman–Crippen LogP) is 4.97. The maximum absolute atomic E-state index is 12.5. The minimum absolute atomic E-state index is 0.00848. The molecule has 0 aromatic heterocycles. The van der Waals surface area contributed by atoms with Gasteiger partial charge in [0.15, 0.2) is 0 Å². The number of ether oxygens (including phenoxy) is 3. The van der Waals surface area contributed by atoms with Gasteiger partial charge in [-0.15, -0.1) is 0 Å². The van der Waals surface area contributed by atoms with Gasteiger partial charge in [0.1, 0.15) is 12.7 Å². The van der Waals surface area contributed by atoms with E-state index in [-0.39, 0.29) is 36.7 Å². The van der Waals surface area contributed by atoms with Gasteiger partial charge in [0, 0.05) is 5.57 Å². The number of hydrogen-bond acceptors (Lipinski definition) is 5. The lowest BCUT2D eigenvalue weighted by molar-refractivity contribution is -0.158. The number of hydrogen-bond donors (Lipinski definition) is 0. The molecule has 2 aliphatic carbocycles. The van der Waals surface area contributed by atoms with Crippen LogP contribution < -0.4 is 0 Å². The Hall–Kier alpha value is -1.36. The van der Waals surface area contributed by atoms with Crippen LogP contribution in [0.15, 0.2) is 12.2 Å². The van der Waals surface area contributed by atoms with Gasteiger partial charge < -0.3 is 14.2 Å². The van der Waals surface area contributed by atoms with Gasteiger partial charge in [-0.05, 0) is 64.2 Å². The van der Waals surface area contributed by atoms with Crippen LogP contribution >= 0.6 is 0 Å². The average Bonchev–Trinajstić information content (AvgIpc) is 2.70. The van der Waals surface area contributed by atoms with Crippen molar-refractivity contribution in [1.29, 1.82) is 0 Å². The summed E-state index contributed by atoms with van der Waals surface area (Å²) in [6.07, 6.45) is 12.0. The van der Waals surface area contributed by atoms with Crippen LogP contribution in [0.4, 0.5) is 0 Å². The van der Waals surface area contributed by atoms with Crippen molar-refractivity contribution in [3.05, 3.63) is 12.2 Å². The van der Waals surface area contributed by atoms with Crippen LogP contribution in [-0.4, -0.2) is 37.4 Å². The average molecular weight is 395 g/mol. The number of rotatable bonds is 10. The summed E-state index contributed by atoms with van der Waals surface area (Å²) in [5.74, 6) is 0.455. The molecule has 2 rings (SSSR count). The van der Waals surface area contributed by atoms with Crippen molar-refractivity contribution in [2.24, 2.45) is 11.8 Å². The standard InChI is InChI=1S/C23H38O5/c1-4-5-6-18-7-11-21(12-8-18)28-23(25)19-9-13-20(14-10-19)26-15-16-27-22(24)17(2)3/h18-21H,2,4-16H2,1,3H3. The number of carbonyl (C=O) groups excluding carboxylic acids is 2. The molecule has 0 amide bonds. The Labute approximate surface area is 170 Å². The molecule has 0 bridgehead atoms. The van der Waals surface area contributed by atoms with Crippen molar-refractivity contribution < 1.29 is 23.8 Å². The Kier molecular flexibility index (Phi) is 10.0. The molecule has 0 unspecified atom stereocenters. The summed E-state index contributed by atoms with van der Waals surface area (Å²) in [4.78, 5) is 23.8. The number of unbranched alkanes of at least 4 members (excludes halogenated alkanes) is 1. The lowest BCUT2D eigenvalue weighted by Crippen LogP contribution is -2.32. The lowest BCUT2D eigenvalue weighted by Gasteiger charge is -2.31. The van der Waals surface area contributed by atoms with Crippen molar-refractivity contribution in [3.8, 4) is 0 Å². The van der Waals surface area contributed by atoms with Gasteiger partial charge in [-0.2, -0.15) is 0 Å². The zero-order chi connectivity index (χ0) is 20.4. The third-order valence-corrected chi connectivity index (χ3v) is 6.07. The van der Waals surface area contributed by atoms with E-state index < -0.39 is 0 Å². The van der Waals surface area contributed by atoms with Gasteiger partial charge in [-0.3, -0.25) is 4.79 Å². The van der Waals surface area contributed by atoms with Crippen LogP contribution in [0, 0.1) is 11.8 Å². The zero-order valence-electron chi connectivity index (χ0n) is 17.8. The molecule has 0 aliphatic heterocycles. The predicted molar refractivity (Wildman–Crippen MR) is 109 cm³/mol. The largest absolute Gasteiger partial charge is 0.462 e. The fourth-order valence-electron chi connectivity index (χ4n) is 4.23. The zero-order valence-corrected chi connectivity index (χ0v) is 17.8. The molecule has 28 heavy (non-hydrogen) atoms. The van der Waals surface area contributed by atoms with E-state index in [1.165, 1.54) is 32.1 Å². The van der Waals surface area contributed by atoms with E-state index in [0.29, 0.717) is 12.2 Å². The minimum atomic E-state index is -0.380. The van der Waals surface area contributed by atoms with Gasteiger partial charge in [-0.25, -0.2) is 4.79 Å². The first-order valence-corrected chi connectivity index (χ1v) is 11.1. The fourth-order valence-corrected chi connectivity index (χ4v) is 4.23. The second-order valence-corrected chi connectivity index (χ2v) is 8.48. The summed E-state index contributed by atoms with van der Waals surface area (Å²) in [5, 5.41) is 0. The van der Waals surface area contributed by atoms with Crippen LogP contribution in [0.5, 0.6) is 0 Å². The van der Waals surface area contributed by atoms with Crippen LogP contribution in [0.2, 0.25) is 0 Å². The lowest BCUT2D eigenvalue weighted by atomic mass is 9.84. The summed E-state index contributed by atoms with van der Waals surface area (Å²) >= 11 is 0. The Bertz CT molecular complexity index is 499. The monoisotopic (exact) mass is 394 g/mol. The highest BCUT2D eigenvalue weighted by molar-refractivity contribution is 5.86. The molecule has 0 atom stereocenters. The summed E-state index contributed by atoms with van der Waals surface area (Å²) in [7, 11) is 0. The summed E-state index contributed by atoms with van der Waals surface area (Å²) in [6, 6.07) is 0. The van der Waals surface area contributed by atoms with Gasteiger partial charge in [0.2, 0.25) is 0 Å². The highest BCUT2D eigenvalue weighted by atomic mass is 16.6. The molecule has 2 aliphatic rings. The molecule has 5 heteroatoms. The third-order valence-electron chi connectivity index (χ3n) is 6.07. The topological polar surface area (TPSA) is 61.8 Å². The van der Waals surface area contributed by atoms with Gasteiger partial charge in [-0.1, -0.05) is 32.8 Å². The Balaban J connectivity index is 1.57. The van der Waals surface area contributed by atoms with Crippen molar-refractivity contribution in [1.82, 2.24) is 0 Å². The van der Waals surface area contributed by atoms with Crippen LogP contribution in [0.1, 0.15) is 84.5 Å². The van der Waals surface area contributed by atoms with Gasteiger partial charge >= 0.3 is 11.9 Å². The highest BCUT2D eigenvalue weighted by Gasteiger charge is 2.30. The van der Waals surface area contributed by atoms with Crippen molar-refractivity contribution >= 4 is 11.9 Å². The number of carbonyl (C=O) groups is 2. The molecule has 2 fully saturated rings. The summed E-state index contributed by atoms with van der Waals surface area (Å²) in [5.41, 5.74) is 0.397.